The number of anilines is 1. The molecule has 2 aromatic heterocycles. The molecule has 0 saturated heterocycles. The van der Waals surface area contributed by atoms with E-state index in [0.29, 0.717) is 18.7 Å². The summed E-state index contributed by atoms with van der Waals surface area (Å²) in [6.07, 6.45) is 3.74. The Morgan fingerprint density at radius 2 is 2.24 bits per heavy atom. The standard InChI is InChI=1S/C15H19N5O/c1-3-16-13-9-12(8-11(2)18-13)15(21)20-7-6-19-5-4-17-14(19)10-20/h4-5,8-9H,3,6-7,10H2,1-2H3,(H,16,18). The number of pyridine rings is 1. The molecule has 0 atom stereocenters. The van der Waals surface area contributed by atoms with Crippen LogP contribution in [0.4, 0.5) is 5.82 Å². The Labute approximate surface area is 123 Å². The van der Waals surface area contributed by atoms with Crippen molar-refractivity contribution in [3.05, 3.63) is 41.6 Å². The van der Waals surface area contributed by atoms with Crippen molar-refractivity contribution in [3.8, 4) is 0 Å². The Morgan fingerprint density at radius 3 is 3.05 bits per heavy atom. The summed E-state index contributed by atoms with van der Waals surface area (Å²) in [4.78, 5) is 23.2. The van der Waals surface area contributed by atoms with Gasteiger partial charge in [-0.05, 0) is 26.0 Å². The number of rotatable bonds is 3. The van der Waals surface area contributed by atoms with Crippen molar-refractivity contribution in [3.63, 3.8) is 0 Å². The van der Waals surface area contributed by atoms with Crippen molar-refractivity contribution in [2.75, 3.05) is 18.4 Å². The van der Waals surface area contributed by atoms with Gasteiger partial charge in [0, 0.05) is 43.3 Å². The van der Waals surface area contributed by atoms with Crippen LogP contribution in [-0.2, 0) is 13.1 Å². The first-order valence-corrected chi connectivity index (χ1v) is 7.19. The van der Waals surface area contributed by atoms with Crippen molar-refractivity contribution in [1.82, 2.24) is 19.4 Å². The molecule has 6 heteroatoms. The van der Waals surface area contributed by atoms with Gasteiger partial charge in [0.05, 0.1) is 6.54 Å². The number of carbonyl (C=O) groups excluding carboxylic acids is 1. The second-order valence-corrected chi connectivity index (χ2v) is 5.18. The maximum atomic E-state index is 12.7. The van der Waals surface area contributed by atoms with E-state index in [9.17, 15) is 4.79 Å². The molecular weight excluding hydrogens is 266 g/mol. The first kappa shape index (κ1) is 13.6. The number of nitrogens with zero attached hydrogens (tertiary/aromatic N) is 4. The molecule has 1 aliphatic heterocycles. The number of aryl methyl sites for hydroxylation is 1. The molecule has 0 radical (unpaired) electrons. The summed E-state index contributed by atoms with van der Waals surface area (Å²) in [7, 11) is 0. The van der Waals surface area contributed by atoms with Crippen LogP contribution in [0.3, 0.4) is 0 Å². The molecule has 3 heterocycles. The molecule has 110 valence electrons. The van der Waals surface area contributed by atoms with Crippen LogP contribution in [0.2, 0.25) is 0 Å². The van der Waals surface area contributed by atoms with Gasteiger partial charge in [-0.15, -0.1) is 0 Å². The average molecular weight is 285 g/mol. The SMILES string of the molecule is CCNc1cc(C(=O)N2CCn3ccnc3C2)cc(C)n1. The molecule has 6 nitrogen and oxygen atoms in total. The topological polar surface area (TPSA) is 63.1 Å². The predicted octanol–water partition coefficient (Wildman–Crippen LogP) is 1.67. The molecule has 1 aliphatic rings. The smallest absolute Gasteiger partial charge is 0.254 e. The maximum Gasteiger partial charge on any atom is 0.254 e. The maximum absolute atomic E-state index is 12.7. The molecule has 0 bridgehead atoms. The van der Waals surface area contributed by atoms with Crippen LogP contribution >= 0.6 is 0 Å². The van der Waals surface area contributed by atoms with E-state index in [-0.39, 0.29) is 5.91 Å². The van der Waals surface area contributed by atoms with Gasteiger partial charge in [0.2, 0.25) is 0 Å². The Kier molecular flexibility index (Phi) is 3.60. The lowest BCUT2D eigenvalue weighted by molar-refractivity contribution is 0.0707. The number of hydrogen-bond donors (Lipinski definition) is 1. The molecule has 3 rings (SSSR count). The van der Waals surface area contributed by atoms with Crippen molar-refractivity contribution in [2.24, 2.45) is 0 Å². The van der Waals surface area contributed by atoms with E-state index < -0.39 is 0 Å². The number of amides is 1. The van der Waals surface area contributed by atoms with Crippen LogP contribution < -0.4 is 5.32 Å². The summed E-state index contributed by atoms with van der Waals surface area (Å²) < 4.78 is 2.09. The third kappa shape index (κ3) is 2.74. The zero-order chi connectivity index (χ0) is 14.8. The Balaban J connectivity index is 1.82. The molecule has 2 aromatic rings. The Hall–Kier alpha value is -2.37. The van der Waals surface area contributed by atoms with E-state index >= 15 is 0 Å². The zero-order valence-corrected chi connectivity index (χ0v) is 12.3. The third-order valence-corrected chi connectivity index (χ3v) is 3.59. The Morgan fingerprint density at radius 1 is 1.38 bits per heavy atom. The minimum absolute atomic E-state index is 0.0360. The summed E-state index contributed by atoms with van der Waals surface area (Å²) in [5.74, 6) is 1.72. The lowest BCUT2D eigenvalue weighted by Crippen LogP contribution is -2.38. The first-order valence-electron chi connectivity index (χ1n) is 7.19. The highest BCUT2D eigenvalue weighted by Gasteiger charge is 2.22. The van der Waals surface area contributed by atoms with Gasteiger partial charge in [-0.3, -0.25) is 4.79 Å². The summed E-state index contributed by atoms with van der Waals surface area (Å²) in [6.45, 7) is 6.76. The normalized spacial score (nSPS) is 13.9. The largest absolute Gasteiger partial charge is 0.370 e. The minimum atomic E-state index is 0.0360. The number of nitrogens with one attached hydrogen (secondary N) is 1. The number of hydrogen-bond acceptors (Lipinski definition) is 4. The van der Waals surface area contributed by atoms with Gasteiger partial charge in [0.25, 0.3) is 5.91 Å². The lowest BCUT2D eigenvalue weighted by atomic mass is 10.2. The highest BCUT2D eigenvalue weighted by molar-refractivity contribution is 5.95. The van der Waals surface area contributed by atoms with Gasteiger partial charge in [0.15, 0.2) is 0 Å². The van der Waals surface area contributed by atoms with Gasteiger partial charge in [-0.25, -0.2) is 9.97 Å². The quantitative estimate of drug-likeness (QED) is 0.932. The van der Waals surface area contributed by atoms with Gasteiger partial charge in [0.1, 0.15) is 11.6 Å². The number of aromatic nitrogens is 3. The predicted molar refractivity (Wildman–Crippen MR) is 80.1 cm³/mol. The minimum Gasteiger partial charge on any atom is -0.370 e. The second kappa shape index (κ2) is 5.55. The number of fused-ring (bicyclic) bond motifs is 1. The van der Waals surface area contributed by atoms with E-state index in [2.05, 4.69) is 19.9 Å². The van der Waals surface area contributed by atoms with Gasteiger partial charge < -0.3 is 14.8 Å². The van der Waals surface area contributed by atoms with Crippen LogP contribution in [0.25, 0.3) is 0 Å². The van der Waals surface area contributed by atoms with E-state index in [1.54, 1.807) is 6.20 Å². The average Bonchev–Trinajstić information content (AvgIpc) is 2.93. The number of carbonyl (C=O) groups is 1. The van der Waals surface area contributed by atoms with Crippen LogP contribution in [0.15, 0.2) is 24.5 Å². The molecular formula is C15H19N5O. The first-order chi connectivity index (χ1) is 10.2. The highest BCUT2D eigenvalue weighted by Crippen LogP contribution is 2.16. The fourth-order valence-corrected chi connectivity index (χ4v) is 2.59. The third-order valence-electron chi connectivity index (χ3n) is 3.59. The van der Waals surface area contributed by atoms with Crippen molar-refractivity contribution >= 4 is 11.7 Å². The zero-order valence-electron chi connectivity index (χ0n) is 12.3. The van der Waals surface area contributed by atoms with Crippen molar-refractivity contribution in [1.29, 1.82) is 0 Å². The summed E-state index contributed by atoms with van der Waals surface area (Å²) in [6, 6.07) is 3.66. The van der Waals surface area contributed by atoms with E-state index in [1.807, 2.05) is 37.1 Å². The van der Waals surface area contributed by atoms with Crippen LogP contribution in [0.1, 0.15) is 28.8 Å². The molecule has 0 aromatic carbocycles. The van der Waals surface area contributed by atoms with Crippen molar-refractivity contribution < 1.29 is 4.79 Å². The van der Waals surface area contributed by atoms with Gasteiger partial charge >= 0.3 is 0 Å². The Bertz CT molecular complexity index is 664. The molecule has 0 unspecified atom stereocenters. The van der Waals surface area contributed by atoms with E-state index in [1.165, 1.54) is 0 Å². The number of imidazole rings is 1. The van der Waals surface area contributed by atoms with Gasteiger partial charge in [-0.1, -0.05) is 0 Å². The van der Waals surface area contributed by atoms with E-state index in [0.717, 1.165) is 30.4 Å². The second-order valence-electron chi connectivity index (χ2n) is 5.18. The van der Waals surface area contributed by atoms with Crippen LogP contribution in [0, 0.1) is 6.92 Å². The molecule has 0 spiro atoms. The summed E-state index contributed by atoms with van der Waals surface area (Å²) in [5, 5.41) is 3.16. The fourth-order valence-electron chi connectivity index (χ4n) is 2.59. The van der Waals surface area contributed by atoms with Crippen molar-refractivity contribution in [2.45, 2.75) is 26.9 Å². The fraction of sp³-hybridized carbons (Fsp3) is 0.400. The van der Waals surface area contributed by atoms with Crippen LogP contribution in [0.5, 0.6) is 0 Å². The van der Waals surface area contributed by atoms with E-state index in [4.69, 9.17) is 0 Å². The summed E-state index contributed by atoms with van der Waals surface area (Å²) in [5.41, 5.74) is 1.52. The molecule has 1 amide bonds. The van der Waals surface area contributed by atoms with Gasteiger partial charge in [-0.2, -0.15) is 0 Å². The monoisotopic (exact) mass is 285 g/mol. The molecule has 1 N–H and O–H groups in total. The lowest BCUT2D eigenvalue weighted by Gasteiger charge is -2.28. The highest BCUT2D eigenvalue weighted by atomic mass is 16.2. The summed E-state index contributed by atoms with van der Waals surface area (Å²) >= 11 is 0. The van der Waals surface area contributed by atoms with Crippen LogP contribution in [-0.4, -0.2) is 38.4 Å². The molecule has 0 saturated carbocycles. The molecule has 0 fully saturated rings. The molecule has 21 heavy (non-hydrogen) atoms. The molecule has 0 aliphatic carbocycles.